The van der Waals surface area contributed by atoms with E-state index in [1.54, 1.807) is 0 Å². The van der Waals surface area contributed by atoms with E-state index in [9.17, 15) is 0 Å². The van der Waals surface area contributed by atoms with Gasteiger partial charge in [-0.2, -0.15) is 0 Å². The Kier molecular flexibility index (Phi) is 7.65. The van der Waals surface area contributed by atoms with Crippen molar-refractivity contribution < 1.29 is 0 Å². The highest BCUT2D eigenvalue weighted by atomic mass is 14.9. The fourth-order valence-corrected chi connectivity index (χ4v) is 0.525. The molecule has 0 aliphatic rings. The predicted octanol–water partition coefficient (Wildman–Crippen LogP) is -0.535. The van der Waals surface area contributed by atoms with Crippen molar-refractivity contribution in [2.45, 2.75) is 0 Å². The van der Waals surface area contributed by atoms with E-state index in [1.165, 1.54) is 12.4 Å². The van der Waals surface area contributed by atoms with Crippen LogP contribution in [0.4, 0.5) is 0 Å². The molecule has 4 nitrogen and oxygen atoms in total. The summed E-state index contributed by atoms with van der Waals surface area (Å²) in [7, 11) is 0. The summed E-state index contributed by atoms with van der Waals surface area (Å²) in [6.45, 7) is 2.96. The molecule has 0 saturated carbocycles. The third-order valence-corrected chi connectivity index (χ3v) is 0.971. The van der Waals surface area contributed by atoms with Gasteiger partial charge < -0.3 is 21.5 Å². The van der Waals surface area contributed by atoms with Gasteiger partial charge in [0.15, 0.2) is 0 Å². The Labute approximate surface area is 61.0 Å². The van der Waals surface area contributed by atoms with Crippen molar-refractivity contribution in [3.63, 3.8) is 0 Å². The van der Waals surface area contributed by atoms with Gasteiger partial charge in [0.1, 0.15) is 0 Å². The van der Waals surface area contributed by atoms with Gasteiger partial charge in [-0.05, 0) is 0 Å². The summed E-state index contributed by atoms with van der Waals surface area (Å²) in [6, 6.07) is 0. The minimum absolute atomic E-state index is 0.631. The van der Waals surface area contributed by atoms with Gasteiger partial charge in [-0.25, -0.2) is 0 Å². The second-order valence-corrected chi connectivity index (χ2v) is 1.82. The zero-order valence-electron chi connectivity index (χ0n) is 5.98. The maximum Gasteiger partial charge on any atom is 0.0302 e. The van der Waals surface area contributed by atoms with Crippen LogP contribution in [0.15, 0.2) is 0 Å². The van der Waals surface area contributed by atoms with Gasteiger partial charge >= 0.3 is 0 Å². The van der Waals surface area contributed by atoms with Crippen LogP contribution in [0.1, 0.15) is 0 Å². The Hall–Kier alpha value is -0.740. The van der Waals surface area contributed by atoms with Crippen molar-refractivity contribution in [2.75, 3.05) is 26.2 Å². The molecule has 0 unspecified atom stereocenters. The van der Waals surface area contributed by atoms with Crippen LogP contribution in [0, 0.1) is 10.8 Å². The van der Waals surface area contributed by atoms with Gasteiger partial charge in [0.2, 0.25) is 0 Å². The SMILES string of the molecule is N=CCNCCNCC=N. The van der Waals surface area contributed by atoms with Crippen LogP contribution in [0.2, 0.25) is 0 Å². The fourth-order valence-electron chi connectivity index (χ4n) is 0.525. The molecule has 0 aromatic rings. The van der Waals surface area contributed by atoms with Crippen LogP contribution < -0.4 is 10.6 Å². The molecule has 0 aliphatic heterocycles. The maximum atomic E-state index is 6.68. The van der Waals surface area contributed by atoms with Crippen LogP contribution >= 0.6 is 0 Å². The molecule has 58 valence electrons. The number of hydrogen-bond acceptors (Lipinski definition) is 4. The molecule has 0 aromatic carbocycles. The average molecular weight is 142 g/mol. The van der Waals surface area contributed by atoms with Crippen molar-refractivity contribution in [2.24, 2.45) is 0 Å². The summed E-state index contributed by atoms with van der Waals surface area (Å²) in [5, 5.41) is 19.4. The quantitative estimate of drug-likeness (QED) is 0.285. The van der Waals surface area contributed by atoms with Crippen LogP contribution in [0.3, 0.4) is 0 Å². The first kappa shape index (κ1) is 9.26. The second-order valence-electron chi connectivity index (χ2n) is 1.82. The van der Waals surface area contributed by atoms with E-state index in [1.807, 2.05) is 0 Å². The van der Waals surface area contributed by atoms with Crippen molar-refractivity contribution in [1.82, 2.24) is 10.6 Å². The van der Waals surface area contributed by atoms with Crippen LogP contribution in [0.5, 0.6) is 0 Å². The standard InChI is InChI=1S/C6H14N4/c7-1-3-9-5-6-10-4-2-8/h1-2,7-10H,3-6H2. The minimum atomic E-state index is 0.631. The van der Waals surface area contributed by atoms with E-state index in [4.69, 9.17) is 10.8 Å². The van der Waals surface area contributed by atoms with Gasteiger partial charge in [-0.15, -0.1) is 0 Å². The molecule has 4 heteroatoms. The van der Waals surface area contributed by atoms with Gasteiger partial charge in [0.25, 0.3) is 0 Å². The molecule has 0 spiro atoms. The van der Waals surface area contributed by atoms with Crippen molar-refractivity contribution >= 4 is 12.4 Å². The third-order valence-electron chi connectivity index (χ3n) is 0.971. The van der Waals surface area contributed by atoms with Crippen LogP contribution in [0.25, 0.3) is 0 Å². The lowest BCUT2D eigenvalue weighted by Gasteiger charge is -2.00. The molecular weight excluding hydrogens is 128 g/mol. The van der Waals surface area contributed by atoms with E-state index in [0.717, 1.165) is 13.1 Å². The fraction of sp³-hybridized carbons (Fsp3) is 0.667. The van der Waals surface area contributed by atoms with E-state index >= 15 is 0 Å². The topological polar surface area (TPSA) is 71.8 Å². The molecule has 10 heavy (non-hydrogen) atoms. The average Bonchev–Trinajstić information content (AvgIpc) is 1.97. The lowest BCUT2D eigenvalue weighted by atomic mass is 10.5. The first-order valence-corrected chi connectivity index (χ1v) is 3.31. The molecule has 0 atom stereocenters. The molecule has 0 bridgehead atoms. The third kappa shape index (κ3) is 7.26. The van der Waals surface area contributed by atoms with E-state index in [2.05, 4.69) is 10.6 Å². The van der Waals surface area contributed by atoms with Crippen molar-refractivity contribution in [3.05, 3.63) is 0 Å². The van der Waals surface area contributed by atoms with Gasteiger partial charge in [0, 0.05) is 38.6 Å². The van der Waals surface area contributed by atoms with Gasteiger partial charge in [-0.3, -0.25) is 0 Å². The van der Waals surface area contributed by atoms with E-state index in [-0.39, 0.29) is 0 Å². The van der Waals surface area contributed by atoms with E-state index < -0.39 is 0 Å². The maximum absolute atomic E-state index is 6.68. The molecule has 0 rings (SSSR count). The zero-order valence-corrected chi connectivity index (χ0v) is 5.98. The molecule has 0 aliphatic carbocycles. The summed E-state index contributed by atoms with van der Waals surface area (Å²) >= 11 is 0. The summed E-state index contributed by atoms with van der Waals surface area (Å²) in [6.07, 6.45) is 2.66. The summed E-state index contributed by atoms with van der Waals surface area (Å²) < 4.78 is 0. The van der Waals surface area contributed by atoms with Crippen LogP contribution in [-0.2, 0) is 0 Å². The lowest BCUT2D eigenvalue weighted by Crippen LogP contribution is -2.29. The Morgan fingerprint density at radius 3 is 1.60 bits per heavy atom. The lowest BCUT2D eigenvalue weighted by molar-refractivity contribution is 0.685. The molecule has 0 amide bonds. The Morgan fingerprint density at radius 1 is 0.900 bits per heavy atom. The summed E-state index contributed by atoms with van der Waals surface area (Å²) in [5.41, 5.74) is 0. The molecule has 0 saturated heterocycles. The first-order valence-electron chi connectivity index (χ1n) is 3.31. The molecular formula is C6H14N4. The number of nitrogens with one attached hydrogen (secondary N) is 4. The molecule has 0 fully saturated rings. The number of hydrogen-bond donors (Lipinski definition) is 4. The minimum Gasteiger partial charge on any atom is -0.312 e. The second kappa shape index (κ2) is 8.26. The molecule has 0 radical (unpaired) electrons. The molecule has 0 aromatic heterocycles. The highest BCUT2D eigenvalue weighted by Crippen LogP contribution is 1.55. The molecule has 0 heterocycles. The van der Waals surface area contributed by atoms with Gasteiger partial charge in [-0.1, -0.05) is 0 Å². The van der Waals surface area contributed by atoms with Crippen LogP contribution in [-0.4, -0.2) is 38.6 Å². The smallest absolute Gasteiger partial charge is 0.0302 e. The normalized spacial score (nSPS) is 9.20. The summed E-state index contributed by atoms with van der Waals surface area (Å²) in [4.78, 5) is 0. The highest BCUT2D eigenvalue weighted by Gasteiger charge is 1.82. The zero-order chi connectivity index (χ0) is 7.66. The summed E-state index contributed by atoms with van der Waals surface area (Å²) in [5.74, 6) is 0. The predicted molar refractivity (Wildman–Crippen MR) is 43.3 cm³/mol. The van der Waals surface area contributed by atoms with E-state index in [0.29, 0.717) is 13.1 Å². The molecule has 4 N–H and O–H groups in total. The largest absolute Gasteiger partial charge is 0.312 e. The van der Waals surface area contributed by atoms with Crippen molar-refractivity contribution in [3.8, 4) is 0 Å². The Balaban J connectivity index is 2.76. The first-order chi connectivity index (χ1) is 4.91. The van der Waals surface area contributed by atoms with Gasteiger partial charge in [0.05, 0.1) is 0 Å². The Morgan fingerprint density at radius 2 is 1.30 bits per heavy atom. The Bertz CT molecular complexity index is 79.7. The number of rotatable bonds is 7. The van der Waals surface area contributed by atoms with Crippen molar-refractivity contribution in [1.29, 1.82) is 10.8 Å². The highest BCUT2D eigenvalue weighted by molar-refractivity contribution is 5.55. The monoisotopic (exact) mass is 142 g/mol.